The number of hydrazine groups is 1. The lowest BCUT2D eigenvalue weighted by Gasteiger charge is -2.19. The molecule has 0 aliphatic carbocycles. The van der Waals surface area contributed by atoms with Crippen LogP contribution in [-0.4, -0.2) is 30.3 Å². The summed E-state index contributed by atoms with van der Waals surface area (Å²) in [6, 6.07) is 12.3. The predicted octanol–water partition coefficient (Wildman–Crippen LogP) is 2.98. The van der Waals surface area contributed by atoms with Gasteiger partial charge in [0.2, 0.25) is 0 Å². The van der Waals surface area contributed by atoms with E-state index in [1.807, 2.05) is 44.2 Å². The van der Waals surface area contributed by atoms with Crippen LogP contribution < -0.4 is 21.5 Å². The number of anilines is 1. The summed E-state index contributed by atoms with van der Waals surface area (Å²) in [6.07, 6.45) is 0. The van der Waals surface area contributed by atoms with Gasteiger partial charge < -0.3 is 10.6 Å². The zero-order chi connectivity index (χ0) is 23.2. The van der Waals surface area contributed by atoms with Crippen molar-refractivity contribution in [2.24, 2.45) is 0 Å². The summed E-state index contributed by atoms with van der Waals surface area (Å²) < 4.78 is 0. The number of carbonyl (C=O) groups is 3. The molecule has 31 heavy (non-hydrogen) atoms. The Bertz CT molecular complexity index is 946. The normalized spacial score (nSPS) is 11.9. The molecule has 2 aromatic rings. The standard InChI is InChI=1S/C24H32N4O3/c1-15-7-12-20(16(2)13-15)25-14-21(29)27-28-22(30)17(3)26-23(31)18-8-10-19(11-9-18)24(4,5)6/h7-13,17,25H,14H2,1-6H3,(H,26,31)(H,27,29)(H,28,30). The minimum Gasteiger partial charge on any atom is -0.376 e. The van der Waals surface area contributed by atoms with Crippen LogP contribution in [0.4, 0.5) is 5.69 Å². The summed E-state index contributed by atoms with van der Waals surface area (Å²) in [7, 11) is 0. The number of rotatable bonds is 6. The summed E-state index contributed by atoms with van der Waals surface area (Å²) in [5.41, 5.74) is 9.29. The molecule has 166 valence electrons. The number of benzene rings is 2. The van der Waals surface area contributed by atoms with Crippen molar-refractivity contribution in [2.75, 3.05) is 11.9 Å². The average molecular weight is 425 g/mol. The van der Waals surface area contributed by atoms with E-state index in [1.165, 1.54) is 0 Å². The molecule has 2 rings (SSSR count). The van der Waals surface area contributed by atoms with Gasteiger partial charge in [0.15, 0.2) is 0 Å². The van der Waals surface area contributed by atoms with Crippen molar-refractivity contribution in [3.8, 4) is 0 Å². The lowest BCUT2D eigenvalue weighted by Crippen LogP contribution is -2.52. The molecule has 2 aromatic carbocycles. The molecule has 0 saturated carbocycles. The first kappa shape index (κ1) is 23.9. The zero-order valence-corrected chi connectivity index (χ0v) is 19.1. The van der Waals surface area contributed by atoms with Crippen molar-refractivity contribution in [1.29, 1.82) is 0 Å². The van der Waals surface area contributed by atoms with Crippen molar-refractivity contribution in [2.45, 2.75) is 53.0 Å². The molecule has 3 amide bonds. The number of nitrogens with one attached hydrogen (secondary N) is 4. The molecule has 0 aliphatic heterocycles. The van der Waals surface area contributed by atoms with E-state index < -0.39 is 17.9 Å². The second-order valence-electron chi connectivity index (χ2n) is 8.73. The Hall–Kier alpha value is -3.35. The van der Waals surface area contributed by atoms with Crippen molar-refractivity contribution in [3.63, 3.8) is 0 Å². The van der Waals surface area contributed by atoms with Crippen LogP contribution in [0.15, 0.2) is 42.5 Å². The molecule has 0 aliphatic rings. The lowest BCUT2D eigenvalue weighted by atomic mass is 9.86. The molecule has 1 atom stereocenters. The largest absolute Gasteiger partial charge is 0.376 e. The van der Waals surface area contributed by atoms with Crippen molar-refractivity contribution in [3.05, 3.63) is 64.7 Å². The summed E-state index contributed by atoms with van der Waals surface area (Å²) in [6.45, 7) is 11.8. The first-order valence-corrected chi connectivity index (χ1v) is 10.3. The fraction of sp³-hybridized carbons (Fsp3) is 0.375. The molecule has 0 spiro atoms. The van der Waals surface area contributed by atoms with E-state index in [0.29, 0.717) is 5.56 Å². The maximum Gasteiger partial charge on any atom is 0.260 e. The van der Waals surface area contributed by atoms with E-state index in [4.69, 9.17) is 0 Å². The first-order chi connectivity index (χ1) is 14.5. The van der Waals surface area contributed by atoms with Crippen LogP contribution in [0.3, 0.4) is 0 Å². The predicted molar refractivity (Wildman–Crippen MR) is 123 cm³/mol. The molecule has 4 N–H and O–H groups in total. The maximum absolute atomic E-state index is 12.4. The van der Waals surface area contributed by atoms with Crippen LogP contribution in [0.25, 0.3) is 0 Å². The topological polar surface area (TPSA) is 99.3 Å². The van der Waals surface area contributed by atoms with Crippen molar-refractivity contribution in [1.82, 2.24) is 16.2 Å². The molecule has 0 saturated heterocycles. The first-order valence-electron chi connectivity index (χ1n) is 10.3. The summed E-state index contributed by atoms with van der Waals surface area (Å²) in [5, 5.41) is 5.66. The summed E-state index contributed by atoms with van der Waals surface area (Å²) in [5.74, 6) is -1.27. The Morgan fingerprint density at radius 2 is 1.58 bits per heavy atom. The average Bonchev–Trinajstić information content (AvgIpc) is 2.70. The van der Waals surface area contributed by atoms with Crippen molar-refractivity contribution >= 4 is 23.4 Å². The van der Waals surface area contributed by atoms with Gasteiger partial charge in [0.1, 0.15) is 6.04 Å². The third-order valence-corrected chi connectivity index (χ3v) is 4.90. The minimum atomic E-state index is -0.817. The van der Waals surface area contributed by atoms with E-state index >= 15 is 0 Å². The highest BCUT2D eigenvalue weighted by Gasteiger charge is 2.18. The van der Waals surface area contributed by atoms with Gasteiger partial charge in [0.05, 0.1) is 6.54 Å². The van der Waals surface area contributed by atoms with Gasteiger partial charge in [-0.15, -0.1) is 0 Å². The lowest BCUT2D eigenvalue weighted by molar-refractivity contribution is -0.128. The van der Waals surface area contributed by atoms with Crippen LogP contribution in [0.2, 0.25) is 0 Å². The second kappa shape index (κ2) is 10.1. The molecule has 1 unspecified atom stereocenters. The number of amides is 3. The number of aryl methyl sites for hydroxylation is 2. The monoisotopic (exact) mass is 424 g/mol. The smallest absolute Gasteiger partial charge is 0.260 e. The highest BCUT2D eigenvalue weighted by atomic mass is 16.2. The van der Waals surface area contributed by atoms with E-state index in [-0.39, 0.29) is 17.9 Å². The van der Waals surface area contributed by atoms with E-state index in [9.17, 15) is 14.4 Å². The van der Waals surface area contributed by atoms with Crippen LogP contribution in [0, 0.1) is 13.8 Å². The maximum atomic E-state index is 12.4. The molecule has 0 aromatic heterocycles. The fourth-order valence-corrected chi connectivity index (χ4v) is 2.94. The van der Waals surface area contributed by atoms with Gasteiger partial charge in [-0.3, -0.25) is 25.2 Å². The van der Waals surface area contributed by atoms with E-state index in [0.717, 1.165) is 22.4 Å². The van der Waals surface area contributed by atoms with E-state index in [1.54, 1.807) is 19.1 Å². The van der Waals surface area contributed by atoms with Crippen LogP contribution >= 0.6 is 0 Å². The van der Waals surface area contributed by atoms with Crippen LogP contribution in [0.5, 0.6) is 0 Å². The molecule has 0 radical (unpaired) electrons. The molecule has 0 heterocycles. The minimum absolute atomic E-state index is 0.00501. The zero-order valence-electron chi connectivity index (χ0n) is 19.1. The number of hydrogen-bond acceptors (Lipinski definition) is 4. The second-order valence-corrected chi connectivity index (χ2v) is 8.73. The Morgan fingerprint density at radius 1 is 0.935 bits per heavy atom. The summed E-state index contributed by atoms with van der Waals surface area (Å²) >= 11 is 0. The number of carbonyl (C=O) groups excluding carboxylic acids is 3. The van der Waals surface area contributed by atoms with Crippen LogP contribution in [-0.2, 0) is 15.0 Å². The van der Waals surface area contributed by atoms with Gasteiger partial charge in [-0.2, -0.15) is 0 Å². The molecule has 0 fully saturated rings. The Balaban J connectivity index is 1.79. The molecule has 7 nitrogen and oxygen atoms in total. The Morgan fingerprint density at radius 3 is 2.16 bits per heavy atom. The molecule has 0 bridgehead atoms. The SMILES string of the molecule is Cc1ccc(NCC(=O)NNC(=O)C(C)NC(=O)c2ccc(C(C)(C)C)cc2)c(C)c1. The van der Waals surface area contributed by atoms with Gasteiger partial charge >= 0.3 is 0 Å². The van der Waals surface area contributed by atoms with Gasteiger partial charge in [-0.1, -0.05) is 50.6 Å². The quantitative estimate of drug-likeness (QED) is 0.536. The van der Waals surface area contributed by atoms with Gasteiger partial charge in [0, 0.05) is 11.3 Å². The summed E-state index contributed by atoms with van der Waals surface area (Å²) in [4.78, 5) is 36.6. The third-order valence-electron chi connectivity index (χ3n) is 4.90. The molecule has 7 heteroatoms. The molecular weight excluding hydrogens is 392 g/mol. The third kappa shape index (κ3) is 7.13. The van der Waals surface area contributed by atoms with E-state index in [2.05, 4.69) is 42.3 Å². The molecular formula is C24H32N4O3. The highest BCUT2D eigenvalue weighted by Crippen LogP contribution is 2.22. The highest BCUT2D eigenvalue weighted by molar-refractivity contribution is 5.97. The van der Waals surface area contributed by atoms with Crippen LogP contribution in [0.1, 0.15) is 54.7 Å². The Kier molecular flexibility index (Phi) is 7.80. The number of hydrogen-bond donors (Lipinski definition) is 4. The van der Waals surface area contributed by atoms with Gasteiger partial charge in [-0.25, -0.2) is 0 Å². The Labute approximate surface area is 184 Å². The van der Waals surface area contributed by atoms with Gasteiger partial charge in [0.25, 0.3) is 17.7 Å². The fourth-order valence-electron chi connectivity index (χ4n) is 2.94. The van der Waals surface area contributed by atoms with Crippen molar-refractivity contribution < 1.29 is 14.4 Å². The van der Waals surface area contributed by atoms with Gasteiger partial charge in [-0.05, 0) is 55.5 Å².